The van der Waals surface area contributed by atoms with E-state index in [9.17, 15) is 8.42 Å². The lowest BCUT2D eigenvalue weighted by Gasteiger charge is -2.10. The molecule has 1 N–H and O–H groups in total. The van der Waals surface area contributed by atoms with Crippen molar-refractivity contribution in [3.8, 4) is 11.5 Å². The van der Waals surface area contributed by atoms with E-state index in [0.29, 0.717) is 30.3 Å². The van der Waals surface area contributed by atoms with E-state index in [-0.39, 0.29) is 4.90 Å². The summed E-state index contributed by atoms with van der Waals surface area (Å²) in [5.74, 6) is 1.39. The molecule has 0 saturated carbocycles. The first-order chi connectivity index (χ1) is 13.8. The summed E-state index contributed by atoms with van der Waals surface area (Å²) in [6, 6.07) is 14.0. The summed E-state index contributed by atoms with van der Waals surface area (Å²) in [5.41, 5.74) is 2.84. The zero-order valence-corrected chi connectivity index (χ0v) is 17.8. The third-order valence-electron chi connectivity index (χ3n) is 4.53. The maximum Gasteiger partial charge on any atom is 0.262 e. The number of aromatic nitrogens is 2. The molecule has 2 aromatic carbocycles. The van der Waals surface area contributed by atoms with Crippen molar-refractivity contribution in [3.63, 3.8) is 0 Å². The van der Waals surface area contributed by atoms with Crippen molar-refractivity contribution >= 4 is 15.7 Å². The second kappa shape index (κ2) is 8.57. The lowest BCUT2D eigenvalue weighted by Crippen LogP contribution is -2.14. The van der Waals surface area contributed by atoms with Crippen LogP contribution in [0.2, 0.25) is 0 Å². The number of benzene rings is 2. The highest BCUT2D eigenvalue weighted by Crippen LogP contribution is 2.25. The van der Waals surface area contributed by atoms with Crippen LogP contribution in [0.1, 0.15) is 23.9 Å². The van der Waals surface area contributed by atoms with Crippen LogP contribution in [0.25, 0.3) is 0 Å². The molecular formula is C21H25N3O4S. The lowest BCUT2D eigenvalue weighted by molar-refractivity contribution is 0.340. The van der Waals surface area contributed by atoms with Crippen molar-refractivity contribution in [2.24, 2.45) is 0 Å². The fourth-order valence-corrected chi connectivity index (χ4v) is 4.19. The van der Waals surface area contributed by atoms with Gasteiger partial charge in [-0.3, -0.25) is 9.40 Å². The molecule has 0 aliphatic carbocycles. The van der Waals surface area contributed by atoms with E-state index >= 15 is 0 Å². The van der Waals surface area contributed by atoms with E-state index in [2.05, 4.69) is 9.82 Å². The molecule has 154 valence electrons. The molecular weight excluding hydrogens is 390 g/mol. The summed E-state index contributed by atoms with van der Waals surface area (Å²) in [6.07, 6.45) is 0. The molecule has 7 nitrogen and oxygen atoms in total. The second-order valence-electron chi connectivity index (χ2n) is 6.56. The summed E-state index contributed by atoms with van der Waals surface area (Å²) in [4.78, 5) is 0.167. The smallest absolute Gasteiger partial charge is 0.262 e. The number of nitrogens with one attached hydrogen (secondary N) is 1. The van der Waals surface area contributed by atoms with Crippen LogP contribution in [-0.2, 0) is 16.6 Å². The van der Waals surface area contributed by atoms with Gasteiger partial charge >= 0.3 is 0 Å². The van der Waals surface area contributed by atoms with Gasteiger partial charge in [0.2, 0.25) is 0 Å². The fraction of sp³-hybridized carbons (Fsp3) is 0.286. The molecule has 3 aromatic rings. The Bertz CT molecular complexity index is 1090. The Morgan fingerprint density at radius 3 is 2.45 bits per heavy atom. The van der Waals surface area contributed by atoms with E-state index in [1.165, 1.54) is 12.1 Å². The highest BCUT2D eigenvalue weighted by Gasteiger charge is 2.20. The van der Waals surface area contributed by atoms with Gasteiger partial charge in [0.25, 0.3) is 10.0 Å². The number of ether oxygens (including phenoxy) is 2. The molecule has 1 aromatic heterocycles. The summed E-state index contributed by atoms with van der Waals surface area (Å²) in [7, 11) is -2.12. The molecule has 0 spiro atoms. The fourth-order valence-electron chi connectivity index (χ4n) is 3.02. The molecule has 0 aliphatic heterocycles. The first kappa shape index (κ1) is 20.7. The number of nitrogens with zero attached hydrogens (tertiary/aromatic N) is 2. The molecule has 29 heavy (non-hydrogen) atoms. The predicted octanol–water partition coefficient (Wildman–Crippen LogP) is 3.76. The van der Waals surface area contributed by atoms with Crippen LogP contribution in [0, 0.1) is 13.8 Å². The molecule has 0 radical (unpaired) electrons. The van der Waals surface area contributed by atoms with Crippen molar-refractivity contribution in [1.82, 2.24) is 9.78 Å². The molecule has 0 bridgehead atoms. The number of rotatable bonds is 8. The van der Waals surface area contributed by atoms with Crippen molar-refractivity contribution in [3.05, 3.63) is 65.5 Å². The second-order valence-corrected chi connectivity index (χ2v) is 8.25. The maximum atomic E-state index is 12.8. The van der Waals surface area contributed by atoms with E-state index in [0.717, 1.165) is 17.0 Å². The number of methoxy groups -OCH3 is 1. The van der Waals surface area contributed by atoms with Crippen molar-refractivity contribution in [2.75, 3.05) is 18.4 Å². The summed E-state index contributed by atoms with van der Waals surface area (Å²) >= 11 is 0. The first-order valence-corrected chi connectivity index (χ1v) is 10.7. The minimum atomic E-state index is -3.74. The first-order valence-electron chi connectivity index (χ1n) is 9.26. The van der Waals surface area contributed by atoms with Crippen LogP contribution in [0.3, 0.4) is 0 Å². The van der Waals surface area contributed by atoms with E-state index < -0.39 is 10.0 Å². The van der Waals surface area contributed by atoms with Gasteiger partial charge in [0.05, 0.1) is 42.2 Å². The quantitative estimate of drug-likeness (QED) is 0.606. The number of hydrogen-bond donors (Lipinski definition) is 1. The Hall–Kier alpha value is -3.00. The van der Waals surface area contributed by atoms with Gasteiger partial charge in [-0.1, -0.05) is 12.1 Å². The molecule has 0 saturated heterocycles. The van der Waals surface area contributed by atoms with Gasteiger partial charge in [-0.15, -0.1) is 0 Å². The zero-order valence-electron chi connectivity index (χ0n) is 17.0. The van der Waals surface area contributed by atoms with Gasteiger partial charge in [-0.2, -0.15) is 5.10 Å². The molecule has 0 unspecified atom stereocenters. The summed E-state index contributed by atoms with van der Waals surface area (Å²) in [6.45, 7) is 6.53. The van der Waals surface area contributed by atoms with Gasteiger partial charge in [-0.05, 0) is 62.7 Å². The minimum absolute atomic E-state index is 0.167. The van der Waals surface area contributed by atoms with Crippen molar-refractivity contribution in [1.29, 1.82) is 0 Å². The third kappa shape index (κ3) is 4.71. The Morgan fingerprint density at radius 2 is 1.79 bits per heavy atom. The van der Waals surface area contributed by atoms with E-state index in [4.69, 9.17) is 9.47 Å². The maximum absolute atomic E-state index is 12.8. The average Bonchev–Trinajstić information content (AvgIpc) is 2.96. The molecule has 0 atom stereocenters. The molecule has 8 heteroatoms. The van der Waals surface area contributed by atoms with Gasteiger partial charge in [0.1, 0.15) is 11.5 Å². The Kier molecular flexibility index (Phi) is 6.12. The molecule has 3 rings (SSSR count). The standard InChI is InChI=1S/C21H25N3O4S/c1-5-28-18-9-11-20(12-10-18)29(25,26)23-21-15(2)22-24(16(21)3)14-17-7-6-8-19(13-17)27-4/h6-13,23H,5,14H2,1-4H3. The van der Waals surface area contributed by atoms with Crippen LogP contribution in [0.15, 0.2) is 53.4 Å². The topological polar surface area (TPSA) is 82.5 Å². The van der Waals surface area contributed by atoms with Crippen LogP contribution in [0.4, 0.5) is 5.69 Å². The molecule has 0 aliphatic rings. The number of aryl methyl sites for hydroxylation is 1. The summed E-state index contributed by atoms with van der Waals surface area (Å²) < 4.78 is 40.7. The van der Waals surface area contributed by atoms with Gasteiger partial charge in [-0.25, -0.2) is 8.42 Å². The lowest BCUT2D eigenvalue weighted by atomic mass is 10.2. The summed E-state index contributed by atoms with van der Waals surface area (Å²) in [5, 5.41) is 4.51. The monoisotopic (exact) mass is 415 g/mol. The zero-order chi connectivity index (χ0) is 21.0. The molecule has 0 amide bonds. The Labute approximate surface area is 171 Å². The number of hydrogen-bond acceptors (Lipinski definition) is 5. The predicted molar refractivity (Wildman–Crippen MR) is 112 cm³/mol. The molecule has 1 heterocycles. The van der Waals surface area contributed by atoms with E-state index in [1.54, 1.807) is 30.8 Å². The Morgan fingerprint density at radius 1 is 1.07 bits per heavy atom. The van der Waals surface area contributed by atoms with Gasteiger partial charge < -0.3 is 9.47 Å². The SMILES string of the molecule is CCOc1ccc(S(=O)(=O)Nc2c(C)nn(Cc3cccc(OC)c3)c2C)cc1. The van der Waals surface area contributed by atoms with Gasteiger partial charge in [0.15, 0.2) is 0 Å². The Balaban J connectivity index is 1.83. The normalized spacial score (nSPS) is 11.3. The van der Waals surface area contributed by atoms with Crippen molar-refractivity contribution in [2.45, 2.75) is 32.2 Å². The van der Waals surface area contributed by atoms with Crippen molar-refractivity contribution < 1.29 is 17.9 Å². The van der Waals surface area contributed by atoms with Crippen LogP contribution < -0.4 is 14.2 Å². The molecule has 0 fully saturated rings. The highest BCUT2D eigenvalue weighted by molar-refractivity contribution is 7.92. The number of sulfonamides is 1. The average molecular weight is 416 g/mol. The van der Waals surface area contributed by atoms with Crippen LogP contribution in [-0.4, -0.2) is 31.9 Å². The van der Waals surface area contributed by atoms with Gasteiger partial charge in [0, 0.05) is 0 Å². The minimum Gasteiger partial charge on any atom is -0.497 e. The number of anilines is 1. The largest absolute Gasteiger partial charge is 0.497 e. The third-order valence-corrected chi connectivity index (χ3v) is 5.90. The van der Waals surface area contributed by atoms with Crippen LogP contribution >= 0.6 is 0 Å². The highest BCUT2D eigenvalue weighted by atomic mass is 32.2. The van der Waals surface area contributed by atoms with E-state index in [1.807, 2.05) is 38.1 Å². The van der Waals surface area contributed by atoms with Crippen LogP contribution in [0.5, 0.6) is 11.5 Å².